The van der Waals surface area contributed by atoms with Crippen LogP contribution in [0.5, 0.6) is 0 Å². The summed E-state index contributed by atoms with van der Waals surface area (Å²) in [5.74, 6) is -1.04. The summed E-state index contributed by atoms with van der Waals surface area (Å²) in [4.78, 5) is 26.8. The molecule has 0 unspecified atom stereocenters. The van der Waals surface area contributed by atoms with Crippen molar-refractivity contribution in [3.63, 3.8) is 0 Å². The smallest absolute Gasteiger partial charge is 0.251 e. The van der Waals surface area contributed by atoms with Gasteiger partial charge in [0, 0.05) is 11.3 Å². The first-order valence-electron chi connectivity index (χ1n) is 9.65. The molecule has 0 fully saturated rings. The summed E-state index contributed by atoms with van der Waals surface area (Å²) in [6, 6.07) is 17.0. The van der Waals surface area contributed by atoms with E-state index in [1.54, 1.807) is 47.4 Å². The number of carbonyl (C=O) groups is 2. The molecule has 1 N–H and O–H groups in total. The lowest BCUT2D eigenvalue weighted by Gasteiger charge is -2.18. The Kier molecular flexibility index (Phi) is 5.31. The molecule has 6 heteroatoms. The second-order valence-electron chi connectivity index (χ2n) is 7.38. The SMILES string of the molecule is C[C@@H](NC(=O)c1ccc2c(c1)CC(=O)N2Cc1cccc(F)c1)c1ccc(F)cc1. The van der Waals surface area contributed by atoms with E-state index in [1.807, 2.05) is 6.92 Å². The predicted octanol–water partition coefficient (Wildman–Crippen LogP) is 4.55. The number of hydrogen-bond donors (Lipinski definition) is 1. The lowest BCUT2D eigenvalue weighted by Crippen LogP contribution is -2.27. The molecule has 0 bridgehead atoms. The molecule has 1 aliphatic rings. The molecule has 30 heavy (non-hydrogen) atoms. The Morgan fingerprint density at radius 3 is 2.53 bits per heavy atom. The van der Waals surface area contributed by atoms with Crippen molar-refractivity contribution in [2.45, 2.75) is 25.9 Å². The second kappa shape index (κ2) is 8.06. The van der Waals surface area contributed by atoms with Gasteiger partial charge in [0.1, 0.15) is 11.6 Å². The highest BCUT2D eigenvalue weighted by atomic mass is 19.1. The number of hydrogen-bond acceptors (Lipinski definition) is 2. The summed E-state index contributed by atoms with van der Waals surface area (Å²) in [5.41, 5.74) is 3.43. The fourth-order valence-corrected chi connectivity index (χ4v) is 3.63. The van der Waals surface area contributed by atoms with Crippen LogP contribution in [-0.2, 0) is 17.8 Å². The maximum Gasteiger partial charge on any atom is 0.251 e. The van der Waals surface area contributed by atoms with Gasteiger partial charge in [0.05, 0.1) is 19.0 Å². The Morgan fingerprint density at radius 1 is 1.03 bits per heavy atom. The van der Waals surface area contributed by atoms with E-state index in [9.17, 15) is 18.4 Å². The van der Waals surface area contributed by atoms with Gasteiger partial charge < -0.3 is 10.2 Å². The zero-order valence-corrected chi connectivity index (χ0v) is 16.4. The van der Waals surface area contributed by atoms with E-state index in [2.05, 4.69) is 5.32 Å². The molecular formula is C24H20F2N2O2. The largest absolute Gasteiger partial charge is 0.346 e. The van der Waals surface area contributed by atoms with Crippen molar-refractivity contribution in [3.05, 3.63) is 101 Å². The molecule has 0 aliphatic carbocycles. The van der Waals surface area contributed by atoms with Gasteiger partial charge in [0.2, 0.25) is 5.91 Å². The van der Waals surface area contributed by atoms with Crippen LogP contribution < -0.4 is 10.2 Å². The van der Waals surface area contributed by atoms with Crippen molar-refractivity contribution in [2.24, 2.45) is 0 Å². The standard InChI is InChI=1S/C24H20F2N2O2/c1-15(17-5-8-20(25)9-6-17)27-24(30)18-7-10-22-19(12-18)13-23(29)28(22)14-16-3-2-4-21(26)11-16/h2-12,15H,13-14H2,1H3,(H,27,30)/t15-/m1/s1. The highest BCUT2D eigenvalue weighted by Crippen LogP contribution is 2.31. The number of carbonyl (C=O) groups excluding carboxylic acids is 2. The number of nitrogens with one attached hydrogen (secondary N) is 1. The number of rotatable bonds is 5. The van der Waals surface area contributed by atoms with Crippen LogP contribution in [0.3, 0.4) is 0 Å². The molecule has 3 aromatic carbocycles. The number of nitrogens with zero attached hydrogens (tertiary/aromatic N) is 1. The Balaban J connectivity index is 1.50. The van der Waals surface area contributed by atoms with E-state index in [-0.39, 0.29) is 42.5 Å². The van der Waals surface area contributed by atoms with Crippen molar-refractivity contribution in [1.82, 2.24) is 5.32 Å². The van der Waals surface area contributed by atoms with Gasteiger partial charge in [-0.05, 0) is 66.1 Å². The third-order valence-corrected chi connectivity index (χ3v) is 5.22. The molecule has 1 heterocycles. The quantitative estimate of drug-likeness (QED) is 0.676. The van der Waals surface area contributed by atoms with Gasteiger partial charge in [0.25, 0.3) is 5.91 Å². The first-order chi connectivity index (χ1) is 14.4. The first-order valence-corrected chi connectivity index (χ1v) is 9.65. The highest BCUT2D eigenvalue weighted by molar-refractivity contribution is 6.03. The fourth-order valence-electron chi connectivity index (χ4n) is 3.63. The molecule has 0 saturated heterocycles. The van der Waals surface area contributed by atoms with Gasteiger partial charge in [-0.15, -0.1) is 0 Å². The zero-order chi connectivity index (χ0) is 21.3. The van der Waals surface area contributed by atoms with Crippen molar-refractivity contribution in [1.29, 1.82) is 0 Å². The molecule has 1 aliphatic heterocycles. The van der Waals surface area contributed by atoms with Gasteiger partial charge in [0.15, 0.2) is 0 Å². The van der Waals surface area contributed by atoms with Crippen molar-refractivity contribution < 1.29 is 18.4 Å². The summed E-state index contributed by atoms with van der Waals surface area (Å²) in [5, 5.41) is 2.89. The van der Waals surface area contributed by atoms with Crippen molar-refractivity contribution >= 4 is 17.5 Å². The summed E-state index contributed by atoms with van der Waals surface area (Å²) in [6.45, 7) is 2.10. The normalized spacial score (nSPS) is 13.8. The van der Waals surface area contributed by atoms with Crippen molar-refractivity contribution in [2.75, 3.05) is 4.90 Å². The molecule has 2 amide bonds. The minimum absolute atomic E-state index is 0.0912. The topological polar surface area (TPSA) is 49.4 Å². The third-order valence-electron chi connectivity index (χ3n) is 5.22. The van der Waals surface area contributed by atoms with Crippen molar-refractivity contribution in [3.8, 4) is 0 Å². The van der Waals surface area contributed by atoms with Gasteiger partial charge in [-0.3, -0.25) is 9.59 Å². The number of anilines is 1. The van der Waals surface area contributed by atoms with Crippen LogP contribution in [0.2, 0.25) is 0 Å². The molecule has 0 radical (unpaired) electrons. The molecule has 0 saturated carbocycles. The lowest BCUT2D eigenvalue weighted by atomic mass is 10.1. The predicted molar refractivity (Wildman–Crippen MR) is 110 cm³/mol. The molecule has 152 valence electrons. The summed E-state index contributed by atoms with van der Waals surface area (Å²) in [7, 11) is 0. The Morgan fingerprint density at radius 2 is 1.80 bits per heavy atom. The minimum Gasteiger partial charge on any atom is -0.346 e. The zero-order valence-electron chi connectivity index (χ0n) is 16.4. The van der Waals surface area contributed by atoms with Crippen LogP contribution >= 0.6 is 0 Å². The maximum atomic E-state index is 13.5. The highest BCUT2D eigenvalue weighted by Gasteiger charge is 2.28. The molecule has 1 atom stereocenters. The molecule has 4 nitrogen and oxygen atoms in total. The van der Waals surface area contributed by atoms with E-state index >= 15 is 0 Å². The van der Waals surface area contributed by atoms with Crippen LogP contribution in [-0.4, -0.2) is 11.8 Å². The van der Waals surface area contributed by atoms with E-state index in [0.717, 1.165) is 16.8 Å². The van der Waals surface area contributed by atoms with Crippen LogP contribution in [0, 0.1) is 11.6 Å². The van der Waals surface area contributed by atoms with Gasteiger partial charge in [-0.1, -0.05) is 24.3 Å². The van der Waals surface area contributed by atoms with Gasteiger partial charge in [-0.2, -0.15) is 0 Å². The minimum atomic E-state index is -0.346. The third kappa shape index (κ3) is 4.08. The monoisotopic (exact) mass is 406 g/mol. The van der Waals surface area contributed by atoms with Crippen LogP contribution in [0.25, 0.3) is 0 Å². The average Bonchev–Trinajstić information content (AvgIpc) is 3.03. The van der Waals surface area contributed by atoms with E-state index in [1.165, 1.54) is 24.3 Å². The van der Waals surface area contributed by atoms with E-state index < -0.39 is 0 Å². The second-order valence-corrected chi connectivity index (χ2v) is 7.38. The maximum absolute atomic E-state index is 13.5. The average molecular weight is 406 g/mol. The van der Waals surface area contributed by atoms with Gasteiger partial charge >= 0.3 is 0 Å². The Hall–Kier alpha value is -3.54. The molecule has 4 rings (SSSR count). The summed E-state index contributed by atoms with van der Waals surface area (Å²) >= 11 is 0. The van der Waals surface area contributed by atoms with E-state index in [4.69, 9.17) is 0 Å². The van der Waals surface area contributed by atoms with E-state index in [0.29, 0.717) is 11.1 Å². The molecule has 0 aromatic heterocycles. The fraction of sp³-hybridized carbons (Fsp3) is 0.167. The molecule has 3 aromatic rings. The summed E-state index contributed by atoms with van der Waals surface area (Å²) in [6.07, 6.45) is 0.194. The molecular weight excluding hydrogens is 386 g/mol. The Bertz CT molecular complexity index is 1110. The Labute approximate surface area is 173 Å². The van der Waals surface area contributed by atoms with Crippen LogP contribution in [0.1, 0.15) is 40.0 Å². The number of fused-ring (bicyclic) bond motifs is 1. The van der Waals surface area contributed by atoms with Crippen LogP contribution in [0.15, 0.2) is 66.7 Å². The molecule has 0 spiro atoms. The lowest BCUT2D eigenvalue weighted by molar-refractivity contribution is -0.117. The number of halogens is 2. The summed E-state index contributed by atoms with van der Waals surface area (Å²) < 4.78 is 26.5. The number of amides is 2. The van der Waals surface area contributed by atoms with Gasteiger partial charge in [-0.25, -0.2) is 8.78 Å². The van der Waals surface area contributed by atoms with Crippen LogP contribution in [0.4, 0.5) is 14.5 Å². The first kappa shape index (κ1) is 19.8. The number of benzene rings is 3.